The van der Waals surface area contributed by atoms with E-state index in [1.54, 1.807) is 46.9 Å². The summed E-state index contributed by atoms with van der Waals surface area (Å²) >= 11 is 1.38. The van der Waals surface area contributed by atoms with Crippen LogP contribution >= 0.6 is 11.3 Å². The van der Waals surface area contributed by atoms with Gasteiger partial charge in [0.05, 0.1) is 16.8 Å². The molecule has 30 heavy (non-hydrogen) atoms. The fourth-order valence-electron chi connectivity index (χ4n) is 3.30. The lowest BCUT2D eigenvalue weighted by Crippen LogP contribution is -2.35. The number of aromatic nitrogens is 1. The lowest BCUT2D eigenvalue weighted by Gasteiger charge is -2.26. The second-order valence-corrected chi connectivity index (χ2v) is 9.79. The number of anilines is 1. The van der Waals surface area contributed by atoms with E-state index < -0.39 is 10.0 Å². The highest BCUT2D eigenvalue weighted by atomic mass is 32.2. The molecule has 0 unspecified atom stereocenters. The fraction of sp³-hybridized carbons (Fsp3) is 0.238. The van der Waals surface area contributed by atoms with Crippen molar-refractivity contribution in [2.24, 2.45) is 5.10 Å². The fourth-order valence-corrected chi connectivity index (χ4v) is 5.53. The zero-order chi connectivity index (χ0) is 21.0. The molecule has 1 aliphatic heterocycles. The number of nitrogens with zero attached hydrogens (tertiary/aromatic N) is 3. The largest absolute Gasteiger partial charge is 0.508 e. The van der Waals surface area contributed by atoms with Crippen LogP contribution in [0, 0.1) is 0 Å². The van der Waals surface area contributed by atoms with Crippen LogP contribution in [0.2, 0.25) is 0 Å². The molecule has 156 valence electrons. The Bertz CT molecular complexity index is 1150. The average Bonchev–Trinajstić information content (AvgIpc) is 3.24. The smallest absolute Gasteiger partial charge is 0.243 e. The normalized spacial score (nSPS) is 15.5. The Balaban J connectivity index is 1.49. The SMILES string of the molecule is O=S(=O)(c1cccc(-c2csc(NN=Cc3cccc(O)c3)n2)c1)N1CCCCC1. The maximum absolute atomic E-state index is 12.9. The molecule has 2 aromatic carbocycles. The summed E-state index contributed by atoms with van der Waals surface area (Å²) in [6.45, 7) is 1.16. The topological polar surface area (TPSA) is 94.9 Å². The van der Waals surface area contributed by atoms with Crippen molar-refractivity contribution in [1.82, 2.24) is 9.29 Å². The van der Waals surface area contributed by atoms with E-state index in [0.717, 1.165) is 30.4 Å². The Morgan fingerprint density at radius 3 is 2.70 bits per heavy atom. The summed E-state index contributed by atoms with van der Waals surface area (Å²) in [4.78, 5) is 4.80. The molecule has 4 rings (SSSR count). The zero-order valence-corrected chi connectivity index (χ0v) is 17.9. The first kappa shape index (κ1) is 20.5. The molecule has 1 fully saturated rings. The van der Waals surface area contributed by atoms with E-state index in [0.29, 0.717) is 28.8 Å². The summed E-state index contributed by atoms with van der Waals surface area (Å²) in [6.07, 6.45) is 4.48. The van der Waals surface area contributed by atoms with Gasteiger partial charge in [-0.25, -0.2) is 13.4 Å². The van der Waals surface area contributed by atoms with Crippen molar-refractivity contribution in [3.05, 3.63) is 59.5 Å². The number of phenolic OH excluding ortho intramolecular Hbond substituents is 1. The molecule has 1 aromatic heterocycles. The van der Waals surface area contributed by atoms with Crippen molar-refractivity contribution in [2.45, 2.75) is 24.2 Å². The van der Waals surface area contributed by atoms with E-state index in [2.05, 4.69) is 15.5 Å². The van der Waals surface area contributed by atoms with Crippen LogP contribution in [0.25, 0.3) is 11.3 Å². The van der Waals surface area contributed by atoms with Gasteiger partial charge < -0.3 is 5.11 Å². The Kier molecular flexibility index (Phi) is 6.12. The van der Waals surface area contributed by atoms with Gasteiger partial charge >= 0.3 is 0 Å². The highest BCUT2D eigenvalue weighted by Gasteiger charge is 2.26. The molecule has 2 N–H and O–H groups in total. The third-order valence-corrected chi connectivity index (χ3v) is 7.47. The predicted molar refractivity (Wildman–Crippen MR) is 119 cm³/mol. The lowest BCUT2D eigenvalue weighted by atomic mass is 10.2. The monoisotopic (exact) mass is 442 g/mol. The lowest BCUT2D eigenvalue weighted by molar-refractivity contribution is 0.346. The summed E-state index contributed by atoms with van der Waals surface area (Å²) in [7, 11) is -3.48. The minimum absolute atomic E-state index is 0.176. The van der Waals surface area contributed by atoms with Gasteiger partial charge in [0.15, 0.2) is 0 Å². The number of phenols is 1. The molecular formula is C21H22N4O3S2. The van der Waals surface area contributed by atoms with Crippen molar-refractivity contribution in [3.8, 4) is 17.0 Å². The van der Waals surface area contributed by atoms with Crippen LogP contribution in [0.4, 0.5) is 5.13 Å². The van der Waals surface area contributed by atoms with Crippen LogP contribution in [-0.4, -0.2) is 42.1 Å². The van der Waals surface area contributed by atoms with E-state index in [9.17, 15) is 13.5 Å². The van der Waals surface area contributed by atoms with Gasteiger partial charge in [-0.15, -0.1) is 11.3 Å². The first-order chi connectivity index (χ1) is 14.5. The second-order valence-electron chi connectivity index (χ2n) is 7.00. The van der Waals surface area contributed by atoms with E-state index >= 15 is 0 Å². The van der Waals surface area contributed by atoms with Crippen LogP contribution in [0.15, 0.2) is 63.9 Å². The number of hydrogen-bond acceptors (Lipinski definition) is 7. The van der Waals surface area contributed by atoms with Crippen LogP contribution < -0.4 is 5.43 Å². The quantitative estimate of drug-likeness (QED) is 0.442. The van der Waals surface area contributed by atoms with Crippen LogP contribution in [0.3, 0.4) is 0 Å². The van der Waals surface area contributed by atoms with Crippen LogP contribution in [0.5, 0.6) is 5.75 Å². The third kappa shape index (κ3) is 4.69. The molecular weight excluding hydrogens is 420 g/mol. The summed E-state index contributed by atoms with van der Waals surface area (Å²) in [5, 5.41) is 16.1. The van der Waals surface area contributed by atoms with Crippen molar-refractivity contribution in [2.75, 3.05) is 18.5 Å². The van der Waals surface area contributed by atoms with Crippen molar-refractivity contribution >= 4 is 32.7 Å². The Morgan fingerprint density at radius 1 is 1.10 bits per heavy atom. The molecule has 0 saturated carbocycles. The number of thiazole rings is 1. The Hall–Kier alpha value is -2.75. The van der Waals surface area contributed by atoms with Gasteiger partial charge in [-0.05, 0) is 42.7 Å². The highest BCUT2D eigenvalue weighted by molar-refractivity contribution is 7.89. The maximum Gasteiger partial charge on any atom is 0.243 e. The Labute approximate surface area is 179 Å². The summed E-state index contributed by atoms with van der Waals surface area (Å²) in [6, 6.07) is 13.7. The van der Waals surface area contributed by atoms with E-state index in [1.165, 1.54) is 11.3 Å². The number of nitrogens with one attached hydrogen (secondary N) is 1. The average molecular weight is 443 g/mol. The van der Waals surface area contributed by atoms with Gasteiger partial charge in [0.25, 0.3) is 0 Å². The molecule has 9 heteroatoms. The van der Waals surface area contributed by atoms with Crippen molar-refractivity contribution < 1.29 is 13.5 Å². The highest BCUT2D eigenvalue weighted by Crippen LogP contribution is 2.28. The Morgan fingerprint density at radius 2 is 1.90 bits per heavy atom. The van der Waals surface area contributed by atoms with Crippen LogP contribution in [-0.2, 0) is 10.0 Å². The number of sulfonamides is 1. The van der Waals surface area contributed by atoms with Gasteiger partial charge in [-0.3, -0.25) is 5.43 Å². The predicted octanol–water partition coefficient (Wildman–Crippen LogP) is 4.14. The molecule has 0 bridgehead atoms. The molecule has 0 radical (unpaired) electrons. The molecule has 1 saturated heterocycles. The van der Waals surface area contributed by atoms with Gasteiger partial charge in [0.1, 0.15) is 5.75 Å². The first-order valence-electron chi connectivity index (χ1n) is 9.67. The number of rotatable bonds is 6. The molecule has 0 spiro atoms. The van der Waals surface area contributed by atoms with Gasteiger partial charge in [0, 0.05) is 24.0 Å². The van der Waals surface area contributed by atoms with Gasteiger partial charge in [-0.2, -0.15) is 9.41 Å². The number of benzene rings is 2. The van der Waals surface area contributed by atoms with Crippen molar-refractivity contribution in [3.63, 3.8) is 0 Å². The first-order valence-corrected chi connectivity index (χ1v) is 12.0. The molecule has 7 nitrogen and oxygen atoms in total. The summed E-state index contributed by atoms with van der Waals surface area (Å²) < 4.78 is 27.4. The minimum atomic E-state index is -3.48. The van der Waals surface area contributed by atoms with Gasteiger partial charge in [0.2, 0.25) is 15.2 Å². The van der Waals surface area contributed by atoms with E-state index in [1.807, 2.05) is 17.5 Å². The number of hydrogen-bond donors (Lipinski definition) is 2. The molecule has 1 aliphatic rings. The minimum Gasteiger partial charge on any atom is -0.508 e. The summed E-state index contributed by atoms with van der Waals surface area (Å²) in [5.41, 5.74) is 5.06. The van der Waals surface area contributed by atoms with E-state index in [-0.39, 0.29) is 5.75 Å². The molecule has 3 aromatic rings. The van der Waals surface area contributed by atoms with Gasteiger partial charge in [-0.1, -0.05) is 30.7 Å². The molecule has 0 amide bonds. The standard InChI is InChI=1S/C21H22N4O3S2/c26-18-8-4-6-16(12-18)14-22-24-21-23-20(15-29-21)17-7-5-9-19(13-17)30(27,28)25-10-2-1-3-11-25/h4-9,12-15,26H,1-3,10-11H2,(H,23,24). The third-order valence-electron chi connectivity index (χ3n) is 4.83. The number of hydrazone groups is 1. The number of piperidine rings is 1. The zero-order valence-electron chi connectivity index (χ0n) is 16.2. The summed E-state index contributed by atoms with van der Waals surface area (Å²) in [5.74, 6) is 0.176. The molecule has 2 heterocycles. The van der Waals surface area contributed by atoms with Crippen molar-refractivity contribution in [1.29, 1.82) is 0 Å². The maximum atomic E-state index is 12.9. The second kappa shape index (κ2) is 8.95. The van der Waals surface area contributed by atoms with E-state index in [4.69, 9.17) is 0 Å². The molecule has 0 atom stereocenters. The van der Waals surface area contributed by atoms with Crippen LogP contribution in [0.1, 0.15) is 24.8 Å². The molecule has 0 aliphatic carbocycles. The number of aromatic hydroxyl groups is 1.